The maximum Gasteiger partial charge on any atom is 0.233 e. The Kier molecular flexibility index (Phi) is 3.68. The second-order valence-electron chi connectivity index (χ2n) is 4.78. The number of hydrogen-bond donors (Lipinski definition) is 1. The Balaban J connectivity index is 1.52. The standard InChI is InChI=1S/C11H15N7OS/c1-17(6-8-4-12-13-5-8)10(19)7-20-11-14-15-16-18(11)9-2-3-9/h4-5,9H,2-3,6-7H2,1H3,(H,12,13). The van der Waals surface area contributed by atoms with Crippen molar-refractivity contribution < 1.29 is 4.79 Å². The normalized spacial score (nSPS) is 14.4. The molecule has 1 amide bonds. The fraction of sp³-hybridized carbons (Fsp3) is 0.545. The SMILES string of the molecule is CN(Cc1cn[nH]c1)C(=O)CSc1nnnn1C1CC1. The molecule has 2 aromatic heterocycles. The molecule has 3 rings (SSSR count). The fourth-order valence-corrected chi connectivity index (χ4v) is 2.68. The van der Waals surface area contributed by atoms with Crippen molar-refractivity contribution >= 4 is 17.7 Å². The summed E-state index contributed by atoms with van der Waals surface area (Å²) < 4.78 is 1.81. The van der Waals surface area contributed by atoms with Gasteiger partial charge < -0.3 is 4.90 Å². The van der Waals surface area contributed by atoms with Crippen LogP contribution in [0.1, 0.15) is 24.4 Å². The molecule has 0 unspecified atom stereocenters. The lowest BCUT2D eigenvalue weighted by Gasteiger charge is -2.15. The molecule has 9 heteroatoms. The zero-order valence-electron chi connectivity index (χ0n) is 11.1. The maximum atomic E-state index is 12.1. The number of aromatic amines is 1. The van der Waals surface area contributed by atoms with Gasteiger partial charge in [0.15, 0.2) is 0 Å². The predicted molar refractivity (Wildman–Crippen MR) is 71.9 cm³/mol. The van der Waals surface area contributed by atoms with Gasteiger partial charge >= 0.3 is 0 Å². The van der Waals surface area contributed by atoms with Crippen LogP contribution in [0.25, 0.3) is 0 Å². The summed E-state index contributed by atoms with van der Waals surface area (Å²) in [5.74, 6) is 0.378. The Morgan fingerprint density at radius 2 is 2.45 bits per heavy atom. The van der Waals surface area contributed by atoms with E-state index < -0.39 is 0 Å². The molecule has 1 fully saturated rings. The van der Waals surface area contributed by atoms with E-state index in [0.29, 0.717) is 18.3 Å². The van der Waals surface area contributed by atoms with Gasteiger partial charge in [-0.25, -0.2) is 4.68 Å². The highest BCUT2D eigenvalue weighted by molar-refractivity contribution is 7.99. The molecular weight excluding hydrogens is 278 g/mol. The molecule has 0 atom stereocenters. The number of H-pyrrole nitrogens is 1. The molecule has 0 saturated heterocycles. The maximum absolute atomic E-state index is 12.1. The number of nitrogens with one attached hydrogen (secondary N) is 1. The average Bonchev–Trinajstić information content (AvgIpc) is 2.97. The quantitative estimate of drug-likeness (QED) is 0.779. The molecule has 0 aliphatic heterocycles. The van der Waals surface area contributed by atoms with E-state index in [2.05, 4.69) is 25.7 Å². The minimum Gasteiger partial charge on any atom is -0.341 e. The van der Waals surface area contributed by atoms with Crippen molar-refractivity contribution in [2.24, 2.45) is 0 Å². The highest BCUT2D eigenvalue weighted by Gasteiger charge is 2.28. The number of carbonyl (C=O) groups excluding carboxylic acids is 1. The van der Waals surface area contributed by atoms with Crippen LogP contribution in [0.5, 0.6) is 0 Å². The molecule has 106 valence electrons. The van der Waals surface area contributed by atoms with Gasteiger partial charge in [-0.1, -0.05) is 11.8 Å². The fourth-order valence-electron chi connectivity index (χ4n) is 1.79. The highest BCUT2D eigenvalue weighted by atomic mass is 32.2. The summed E-state index contributed by atoms with van der Waals surface area (Å²) in [7, 11) is 1.78. The van der Waals surface area contributed by atoms with Crippen molar-refractivity contribution in [1.82, 2.24) is 35.3 Å². The second-order valence-corrected chi connectivity index (χ2v) is 5.72. The molecular formula is C11H15N7OS. The van der Waals surface area contributed by atoms with E-state index >= 15 is 0 Å². The summed E-state index contributed by atoms with van der Waals surface area (Å²) in [6.07, 6.45) is 5.73. The molecule has 0 bridgehead atoms. The van der Waals surface area contributed by atoms with Crippen molar-refractivity contribution in [3.8, 4) is 0 Å². The van der Waals surface area contributed by atoms with Crippen LogP contribution in [0.4, 0.5) is 0 Å². The van der Waals surface area contributed by atoms with Gasteiger partial charge in [0.05, 0.1) is 18.0 Å². The summed E-state index contributed by atoms with van der Waals surface area (Å²) in [6, 6.07) is 0.422. The summed E-state index contributed by atoms with van der Waals surface area (Å²) >= 11 is 1.38. The number of aromatic nitrogens is 6. The highest BCUT2D eigenvalue weighted by Crippen LogP contribution is 2.36. The van der Waals surface area contributed by atoms with Crippen molar-refractivity contribution in [3.05, 3.63) is 18.0 Å². The van der Waals surface area contributed by atoms with E-state index in [1.54, 1.807) is 24.3 Å². The third-order valence-electron chi connectivity index (χ3n) is 3.08. The van der Waals surface area contributed by atoms with E-state index in [-0.39, 0.29) is 5.91 Å². The summed E-state index contributed by atoms with van der Waals surface area (Å²) in [4.78, 5) is 13.7. The predicted octanol–water partition coefficient (Wildman–Crippen LogP) is 0.482. The van der Waals surface area contributed by atoms with Crippen LogP contribution < -0.4 is 0 Å². The van der Waals surface area contributed by atoms with Gasteiger partial charge in [0.2, 0.25) is 11.1 Å². The molecule has 0 spiro atoms. The van der Waals surface area contributed by atoms with E-state index in [4.69, 9.17) is 0 Å². The Bertz CT molecular complexity index is 577. The van der Waals surface area contributed by atoms with Gasteiger partial charge in [-0.15, -0.1) is 5.10 Å². The topological polar surface area (TPSA) is 92.6 Å². The van der Waals surface area contributed by atoms with E-state index in [0.717, 1.165) is 23.6 Å². The Morgan fingerprint density at radius 1 is 1.60 bits per heavy atom. The van der Waals surface area contributed by atoms with Crippen molar-refractivity contribution in [2.45, 2.75) is 30.6 Å². The molecule has 20 heavy (non-hydrogen) atoms. The number of rotatable bonds is 6. The number of hydrogen-bond acceptors (Lipinski definition) is 6. The minimum atomic E-state index is 0.0431. The number of tetrazole rings is 1. The molecule has 8 nitrogen and oxygen atoms in total. The van der Waals surface area contributed by atoms with Crippen LogP contribution in [0.3, 0.4) is 0 Å². The van der Waals surface area contributed by atoms with Crippen LogP contribution in [0.2, 0.25) is 0 Å². The summed E-state index contributed by atoms with van der Waals surface area (Å²) in [5.41, 5.74) is 0.980. The third-order valence-corrected chi connectivity index (χ3v) is 4.00. The summed E-state index contributed by atoms with van der Waals surface area (Å²) in [5, 5.41) is 18.9. The van der Waals surface area contributed by atoms with E-state index in [1.807, 2.05) is 4.68 Å². The first kappa shape index (κ1) is 13.1. The van der Waals surface area contributed by atoms with Gasteiger partial charge in [0.25, 0.3) is 0 Å². The first-order valence-corrected chi connectivity index (χ1v) is 7.35. The van der Waals surface area contributed by atoms with Crippen LogP contribution in [-0.4, -0.2) is 54.0 Å². The lowest BCUT2D eigenvalue weighted by atomic mass is 10.3. The molecule has 2 aromatic rings. The lowest BCUT2D eigenvalue weighted by molar-refractivity contribution is -0.127. The first-order valence-electron chi connectivity index (χ1n) is 6.36. The molecule has 0 aromatic carbocycles. The Hall–Kier alpha value is -1.90. The molecule has 1 saturated carbocycles. The van der Waals surface area contributed by atoms with Crippen LogP contribution in [-0.2, 0) is 11.3 Å². The third kappa shape index (κ3) is 2.98. The average molecular weight is 293 g/mol. The Morgan fingerprint density at radius 3 is 3.15 bits per heavy atom. The number of nitrogens with zero attached hydrogens (tertiary/aromatic N) is 6. The van der Waals surface area contributed by atoms with Gasteiger partial charge in [-0.05, 0) is 23.3 Å². The zero-order chi connectivity index (χ0) is 13.9. The van der Waals surface area contributed by atoms with Crippen LogP contribution >= 0.6 is 11.8 Å². The monoisotopic (exact) mass is 293 g/mol. The molecule has 0 radical (unpaired) electrons. The number of thioether (sulfide) groups is 1. The molecule has 1 aliphatic rings. The van der Waals surface area contributed by atoms with Crippen molar-refractivity contribution in [1.29, 1.82) is 0 Å². The smallest absolute Gasteiger partial charge is 0.233 e. The lowest BCUT2D eigenvalue weighted by Crippen LogP contribution is -2.27. The van der Waals surface area contributed by atoms with Gasteiger partial charge in [0.1, 0.15) is 0 Å². The first-order chi connectivity index (χ1) is 9.74. The largest absolute Gasteiger partial charge is 0.341 e. The van der Waals surface area contributed by atoms with Crippen molar-refractivity contribution in [3.63, 3.8) is 0 Å². The van der Waals surface area contributed by atoms with E-state index in [1.165, 1.54) is 11.8 Å². The van der Waals surface area contributed by atoms with Crippen molar-refractivity contribution in [2.75, 3.05) is 12.8 Å². The molecule has 2 heterocycles. The van der Waals surface area contributed by atoms with Crippen LogP contribution in [0.15, 0.2) is 17.6 Å². The number of carbonyl (C=O) groups is 1. The van der Waals surface area contributed by atoms with Gasteiger partial charge in [0, 0.05) is 25.4 Å². The Labute approximate surface area is 119 Å². The molecule has 1 aliphatic carbocycles. The van der Waals surface area contributed by atoms with E-state index in [9.17, 15) is 4.79 Å². The van der Waals surface area contributed by atoms with Crippen LogP contribution in [0, 0.1) is 0 Å². The summed E-state index contributed by atoms with van der Waals surface area (Å²) in [6.45, 7) is 0.545. The van der Waals surface area contributed by atoms with Gasteiger partial charge in [-0.2, -0.15) is 5.10 Å². The minimum absolute atomic E-state index is 0.0431. The second kappa shape index (κ2) is 5.61. The molecule has 1 N–H and O–H groups in total. The number of amides is 1. The van der Waals surface area contributed by atoms with Gasteiger partial charge in [-0.3, -0.25) is 9.89 Å². The zero-order valence-corrected chi connectivity index (χ0v) is 11.9.